The molecule has 3 aromatic heterocycles. The summed E-state index contributed by atoms with van der Waals surface area (Å²) < 4.78 is 13.1. The maximum atomic E-state index is 13.4. The standard InChI is InChI=1S/C28H31N9O6/c1-42-22-12-18-21(43-11-7-29-18)13-20(22)37-19-14-23(34-25-27(39)31-5-4-30-25)33-15-17(19)24(35-37)26(38)32-6-10-36-8-2-16(3-9-36)28(40)41/h4-5,12-16,29H,2-3,6-11H2,1H3,(H,31,39)(H,32,38)(H,40,41)(H,30,33,34). The molecule has 43 heavy (non-hydrogen) atoms. The van der Waals surface area contributed by atoms with Crippen molar-refractivity contribution < 1.29 is 24.2 Å². The molecular formula is C28H31N9O6. The molecule has 5 heterocycles. The van der Waals surface area contributed by atoms with E-state index in [1.165, 1.54) is 18.6 Å². The number of anilines is 3. The third kappa shape index (κ3) is 5.79. The maximum absolute atomic E-state index is 13.4. The summed E-state index contributed by atoms with van der Waals surface area (Å²) in [5.41, 5.74) is 1.61. The molecule has 1 saturated heterocycles. The van der Waals surface area contributed by atoms with E-state index in [4.69, 9.17) is 14.6 Å². The van der Waals surface area contributed by atoms with Crippen molar-refractivity contribution in [3.05, 3.63) is 52.8 Å². The number of likely N-dealkylation sites (tertiary alicyclic amines) is 1. The number of rotatable bonds is 9. The van der Waals surface area contributed by atoms with Gasteiger partial charge in [-0.3, -0.25) is 14.4 Å². The zero-order valence-electron chi connectivity index (χ0n) is 23.4. The van der Waals surface area contributed by atoms with Crippen molar-refractivity contribution in [1.82, 2.24) is 34.9 Å². The third-order valence-electron chi connectivity index (χ3n) is 7.57. The average molecular weight is 590 g/mol. The Kier molecular flexibility index (Phi) is 7.79. The number of carbonyl (C=O) groups is 2. The van der Waals surface area contributed by atoms with Crippen molar-refractivity contribution >= 4 is 40.1 Å². The molecule has 0 saturated carbocycles. The lowest BCUT2D eigenvalue weighted by atomic mass is 9.97. The highest BCUT2D eigenvalue weighted by molar-refractivity contribution is 6.05. The number of methoxy groups -OCH3 is 1. The van der Waals surface area contributed by atoms with Crippen molar-refractivity contribution in [2.24, 2.45) is 5.92 Å². The molecule has 0 atom stereocenters. The van der Waals surface area contributed by atoms with Crippen LogP contribution in [0.25, 0.3) is 16.6 Å². The number of amides is 1. The number of carboxylic acids is 1. The second-order valence-electron chi connectivity index (χ2n) is 10.2. The van der Waals surface area contributed by atoms with Crippen LogP contribution in [-0.4, -0.2) is 93.1 Å². The summed E-state index contributed by atoms with van der Waals surface area (Å²) in [4.78, 5) is 50.1. The number of nitrogens with one attached hydrogen (secondary N) is 4. The first-order valence-electron chi connectivity index (χ1n) is 13.9. The number of hydrogen-bond donors (Lipinski definition) is 5. The molecule has 2 aliphatic rings. The lowest BCUT2D eigenvalue weighted by Gasteiger charge is -2.29. The van der Waals surface area contributed by atoms with E-state index >= 15 is 0 Å². The lowest BCUT2D eigenvalue weighted by Crippen LogP contribution is -2.41. The molecule has 5 N–H and O–H groups in total. The number of nitrogens with zero attached hydrogens (tertiary/aromatic N) is 5. The number of aliphatic carboxylic acids is 1. The van der Waals surface area contributed by atoms with Crippen molar-refractivity contribution in [1.29, 1.82) is 0 Å². The normalized spacial score (nSPS) is 15.3. The van der Waals surface area contributed by atoms with Crippen LogP contribution in [0.2, 0.25) is 0 Å². The number of hydrogen-bond acceptors (Lipinski definition) is 11. The van der Waals surface area contributed by atoms with Gasteiger partial charge in [-0.25, -0.2) is 14.6 Å². The van der Waals surface area contributed by atoms with Gasteiger partial charge < -0.3 is 40.4 Å². The summed E-state index contributed by atoms with van der Waals surface area (Å²) in [7, 11) is 1.55. The molecule has 0 radical (unpaired) electrons. The van der Waals surface area contributed by atoms with E-state index in [0.29, 0.717) is 86.1 Å². The average Bonchev–Trinajstić information content (AvgIpc) is 3.40. The number of aromatic nitrogens is 5. The summed E-state index contributed by atoms with van der Waals surface area (Å²) in [6.45, 7) is 3.44. The number of piperidine rings is 1. The van der Waals surface area contributed by atoms with Crippen LogP contribution < -0.4 is 31.0 Å². The number of benzene rings is 1. The first-order chi connectivity index (χ1) is 20.9. The van der Waals surface area contributed by atoms with Crippen LogP contribution in [0.5, 0.6) is 11.5 Å². The Morgan fingerprint density at radius 3 is 2.81 bits per heavy atom. The van der Waals surface area contributed by atoms with E-state index in [0.717, 1.165) is 5.69 Å². The molecule has 0 spiro atoms. The zero-order valence-corrected chi connectivity index (χ0v) is 23.4. The molecule has 15 nitrogen and oxygen atoms in total. The minimum absolute atomic E-state index is 0.0663. The summed E-state index contributed by atoms with van der Waals surface area (Å²) in [5, 5.41) is 23.6. The van der Waals surface area contributed by atoms with E-state index in [-0.39, 0.29) is 23.3 Å². The van der Waals surface area contributed by atoms with Crippen LogP contribution >= 0.6 is 0 Å². The van der Waals surface area contributed by atoms with Crippen molar-refractivity contribution in [2.45, 2.75) is 12.8 Å². The lowest BCUT2D eigenvalue weighted by molar-refractivity contribution is -0.143. The van der Waals surface area contributed by atoms with E-state index in [1.54, 1.807) is 23.9 Å². The molecule has 1 fully saturated rings. The Labute approximate surface area is 245 Å². The number of carboxylic acid groups (broad SMARTS) is 1. The summed E-state index contributed by atoms with van der Waals surface area (Å²) in [5.74, 6) is 0.0586. The number of pyridine rings is 1. The first kappa shape index (κ1) is 28.0. The highest BCUT2D eigenvalue weighted by Crippen LogP contribution is 2.38. The third-order valence-corrected chi connectivity index (χ3v) is 7.57. The first-order valence-corrected chi connectivity index (χ1v) is 13.9. The van der Waals surface area contributed by atoms with Crippen molar-refractivity contribution in [2.75, 3.05) is 57.1 Å². The van der Waals surface area contributed by atoms with Gasteiger partial charge in [-0.05, 0) is 25.9 Å². The Morgan fingerprint density at radius 1 is 1.21 bits per heavy atom. The molecule has 0 unspecified atom stereocenters. The smallest absolute Gasteiger partial charge is 0.306 e. The van der Waals surface area contributed by atoms with Crippen LogP contribution in [0.15, 0.2) is 41.6 Å². The van der Waals surface area contributed by atoms with Gasteiger partial charge in [-0.15, -0.1) is 0 Å². The molecule has 1 aromatic carbocycles. The van der Waals surface area contributed by atoms with Crippen LogP contribution in [0.1, 0.15) is 23.3 Å². The fourth-order valence-electron chi connectivity index (χ4n) is 5.29. The Morgan fingerprint density at radius 2 is 2.05 bits per heavy atom. The maximum Gasteiger partial charge on any atom is 0.306 e. The van der Waals surface area contributed by atoms with Gasteiger partial charge in [0, 0.05) is 56.4 Å². The fraction of sp³-hybridized carbons (Fsp3) is 0.357. The van der Waals surface area contributed by atoms with Gasteiger partial charge in [-0.2, -0.15) is 5.10 Å². The second-order valence-corrected chi connectivity index (χ2v) is 10.2. The summed E-state index contributed by atoms with van der Waals surface area (Å²) >= 11 is 0. The van der Waals surface area contributed by atoms with E-state index in [1.807, 2.05) is 6.07 Å². The van der Waals surface area contributed by atoms with Gasteiger partial charge >= 0.3 is 5.97 Å². The molecular weight excluding hydrogens is 558 g/mol. The highest BCUT2D eigenvalue weighted by atomic mass is 16.5. The largest absolute Gasteiger partial charge is 0.494 e. The molecule has 15 heteroatoms. The van der Waals surface area contributed by atoms with Gasteiger partial charge in [0.1, 0.15) is 29.6 Å². The highest BCUT2D eigenvalue weighted by Gasteiger charge is 2.26. The summed E-state index contributed by atoms with van der Waals surface area (Å²) in [6, 6.07) is 5.29. The minimum atomic E-state index is -0.757. The molecule has 0 bridgehead atoms. The Hall–Kier alpha value is -5.18. The summed E-state index contributed by atoms with van der Waals surface area (Å²) in [6.07, 6.45) is 5.59. The molecule has 224 valence electrons. The second kappa shape index (κ2) is 12.0. The number of carbonyl (C=O) groups excluding carboxylic acids is 1. The van der Waals surface area contributed by atoms with Gasteiger partial charge in [0.05, 0.1) is 29.6 Å². The number of H-pyrrole nitrogens is 1. The van der Waals surface area contributed by atoms with Crippen molar-refractivity contribution in [3.63, 3.8) is 0 Å². The van der Waals surface area contributed by atoms with Gasteiger partial charge in [-0.1, -0.05) is 0 Å². The van der Waals surface area contributed by atoms with Gasteiger partial charge in [0.25, 0.3) is 11.5 Å². The predicted molar refractivity (Wildman–Crippen MR) is 157 cm³/mol. The minimum Gasteiger partial charge on any atom is -0.494 e. The van der Waals surface area contributed by atoms with Crippen LogP contribution in [0.3, 0.4) is 0 Å². The van der Waals surface area contributed by atoms with E-state index in [2.05, 4.69) is 35.8 Å². The topological polar surface area (TPSA) is 189 Å². The quantitative estimate of drug-likeness (QED) is 0.190. The van der Waals surface area contributed by atoms with Crippen LogP contribution in [-0.2, 0) is 4.79 Å². The zero-order chi connectivity index (χ0) is 29.9. The number of fused-ring (bicyclic) bond motifs is 2. The molecule has 0 aliphatic carbocycles. The number of ether oxygens (including phenoxy) is 2. The van der Waals surface area contributed by atoms with Gasteiger partial charge in [0.15, 0.2) is 11.5 Å². The molecule has 1 amide bonds. The predicted octanol–water partition coefficient (Wildman–Crippen LogP) is 1.59. The van der Waals surface area contributed by atoms with Gasteiger partial charge in [0.2, 0.25) is 0 Å². The van der Waals surface area contributed by atoms with Crippen molar-refractivity contribution in [3.8, 4) is 17.2 Å². The Bertz CT molecular complexity index is 1730. The van der Waals surface area contributed by atoms with E-state index < -0.39 is 11.5 Å². The number of aromatic amines is 1. The Balaban J connectivity index is 1.31. The van der Waals surface area contributed by atoms with E-state index in [9.17, 15) is 19.5 Å². The fourth-order valence-corrected chi connectivity index (χ4v) is 5.29. The monoisotopic (exact) mass is 589 g/mol. The molecule has 2 aliphatic heterocycles. The SMILES string of the molecule is COc1cc2c(cc1-n1nc(C(=O)NCCN3CCC(C(=O)O)CC3)c3cnc(Nc4ncc[nH]c4=O)cc31)OCCN2. The molecule has 4 aromatic rings. The van der Waals surface area contributed by atoms with Crippen LogP contribution in [0.4, 0.5) is 17.3 Å². The molecule has 6 rings (SSSR count). The van der Waals surface area contributed by atoms with Crippen LogP contribution in [0, 0.1) is 5.92 Å².